The number of rotatable bonds is 8. The maximum absolute atomic E-state index is 14.1. The molecule has 0 aliphatic rings. The van der Waals surface area contributed by atoms with Crippen LogP contribution in [-0.4, -0.2) is 24.3 Å². The number of esters is 1. The van der Waals surface area contributed by atoms with Gasteiger partial charge in [0, 0.05) is 17.5 Å². The first-order valence-corrected chi connectivity index (χ1v) is 9.56. The van der Waals surface area contributed by atoms with Crippen molar-refractivity contribution in [2.24, 2.45) is 0 Å². The normalized spacial score (nSPS) is 10.5. The molecule has 0 bridgehead atoms. The lowest BCUT2D eigenvalue weighted by Gasteiger charge is -2.07. The lowest BCUT2D eigenvalue weighted by atomic mass is 10.1. The van der Waals surface area contributed by atoms with Gasteiger partial charge in [0.05, 0.1) is 5.56 Å². The SMILES string of the molecule is CCCc1sc(C(=O)OCC(=O)c2ccc(NC(C)=O)cc2F)cc1CC. The Labute approximate surface area is 161 Å². The average Bonchev–Trinajstić information content (AvgIpc) is 3.02. The number of hydrogen-bond donors (Lipinski definition) is 1. The van der Waals surface area contributed by atoms with E-state index < -0.39 is 24.2 Å². The fourth-order valence-corrected chi connectivity index (χ4v) is 3.86. The van der Waals surface area contributed by atoms with E-state index in [1.165, 1.54) is 30.4 Å². The second-order valence-corrected chi connectivity index (χ2v) is 7.17. The molecule has 1 amide bonds. The Balaban J connectivity index is 2.02. The van der Waals surface area contributed by atoms with Gasteiger partial charge in [-0.1, -0.05) is 20.3 Å². The number of hydrogen-bond acceptors (Lipinski definition) is 5. The van der Waals surface area contributed by atoms with Crippen LogP contribution in [0.25, 0.3) is 0 Å². The minimum atomic E-state index is -0.781. The van der Waals surface area contributed by atoms with Crippen molar-refractivity contribution in [1.29, 1.82) is 0 Å². The number of ether oxygens (including phenoxy) is 1. The third kappa shape index (κ3) is 5.47. The van der Waals surface area contributed by atoms with E-state index in [9.17, 15) is 18.8 Å². The smallest absolute Gasteiger partial charge is 0.348 e. The number of benzene rings is 1. The Hall–Kier alpha value is -2.54. The van der Waals surface area contributed by atoms with E-state index >= 15 is 0 Å². The molecule has 1 heterocycles. The van der Waals surface area contributed by atoms with Crippen molar-refractivity contribution in [3.63, 3.8) is 0 Å². The Morgan fingerprint density at radius 2 is 1.93 bits per heavy atom. The Morgan fingerprint density at radius 1 is 1.19 bits per heavy atom. The van der Waals surface area contributed by atoms with Crippen LogP contribution < -0.4 is 5.32 Å². The summed E-state index contributed by atoms with van der Waals surface area (Å²) >= 11 is 1.37. The number of amides is 1. The molecule has 2 aromatic rings. The minimum Gasteiger partial charge on any atom is -0.453 e. The van der Waals surface area contributed by atoms with Crippen LogP contribution in [-0.2, 0) is 22.4 Å². The number of carbonyl (C=O) groups excluding carboxylic acids is 3. The van der Waals surface area contributed by atoms with Gasteiger partial charge in [0.1, 0.15) is 10.7 Å². The summed E-state index contributed by atoms with van der Waals surface area (Å²) in [7, 11) is 0. The summed E-state index contributed by atoms with van der Waals surface area (Å²) < 4.78 is 19.1. The number of anilines is 1. The fraction of sp³-hybridized carbons (Fsp3) is 0.350. The van der Waals surface area contributed by atoms with Crippen molar-refractivity contribution >= 4 is 34.7 Å². The van der Waals surface area contributed by atoms with Crippen molar-refractivity contribution in [2.45, 2.75) is 40.0 Å². The lowest BCUT2D eigenvalue weighted by molar-refractivity contribution is -0.114. The Bertz CT molecular complexity index is 860. The molecule has 7 heteroatoms. The van der Waals surface area contributed by atoms with E-state index in [1.54, 1.807) is 6.07 Å². The van der Waals surface area contributed by atoms with E-state index in [4.69, 9.17) is 4.74 Å². The molecule has 0 aliphatic heterocycles. The van der Waals surface area contributed by atoms with Gasteiger partial charge in [-0.25, -0.2) is 9.18 Å². The van der Waals surface area contributed by atoms with Crippen LogP contribution in [0, 0.1) is 5.82 Å². The number of thiophene rings is 1. The number of Topliss-reactive ketones (excluding diaryl/α,β-unsaturated/α-hetero) is 1. The largest absolute Gasteiger partial charge is 0.453 e. The molecule has 2 rings (SSSR count). The van der Waals surface area contributed by atoms with Gasteiger partial charge in [0.2, 0.25) is 11.7 Å². The Kier molecular flexibility index (Phi) is 7.24. The highest BCUT2D eigenvalue weighted by molar-refractivity contribution is 7.14. The molecule has 0 saturated carbocycles. The van der Waals surface area contributed by atoms with Gasteiger partial charge in [0.25, 0.3) is 0 Å². The average molecular weight is 391 g/mol. The molecule has 0 atom stereocenters. The summed E-state index contributed by atoms with van der Waals surface area (Å²) in [5, 5.41) is 2.43. The van der Waals surface area contributed by atoms with Gasteiger partial charge in [0.15, 0.2) is 6.61 Å². The van der Waals surface area contributed by atoms with Crippen LogP contribution in [0.15, 0.2) is 24.3 Å². The minimum absolute atomic E-state index is 0.191. The molecule has 0 unspecified atom stereocenters. The van der Waals surface area contributed by atoms with E-state index in [0.717, 1.165) is 35.8 Å². The summed E-state index contributed by atoms with van der Waals surface area (Å²) in [6, 6.07) is 5.53. The van der Waals surface area contributed by atoms with Crippen LogP contribution in [0.1, 0.15) is 57.7 Å². The molecule has 0 fully saturated rings. The van der Waals surface area contributed by atoms with Crippen molar-refractivity contribution < 1.29 is 23.5 Å². The molecule has 27 heavy (non-hydrogen) atoms. The molecule has 0 radical (unpaired) electrons. The Morgan fingerprint density at radius 3 is 2.52 bits per heavy atom. The first kappa shape index (κ1) is 20.8. The number of nitrogens with one attached hydrogen (secondary N) is 1. The van der Waals surface area contributed by atoms with Crippen LogP contribution >= 0.6 is 11.3 Å². The first-order chi connectivity index (χ1) is 12.8. The molecule has 0 spiro atoms. The van der Waals surface area contributed by atoms with Crippen molar-refractivity contribution in [2.75, 3.05) is 11.9 Å². The second-order valence-electron chi connectivity index (χ2n) is 6.04. The lowest BCUT2D eigenvalue weighted by Crippen LogP contribution is -2.15. The first-order valence-electron chi connectivity index (χ1n) is 8.74. The zero-order chi connectivity index (χ0) is 20.0. The van der Waals surface area contributed by atoms with Crippen molar-refractivity contribution in [1.82, 2.24) is 0 Å². The van der Waals surface area contributed by atoms with Gasteiger partial charge >= 0.3 is 5.97 Å². The zero-order valence-electron chi connectivity index (χ0n) is 15.6. The van der Waals surface area contributed by atoms with Crippen LogP contribution in [0.5, 0.6) is 0 Å². The van der Waals surface area contributed by atoms with Gasteiger partial charge in [-0.15, -0.1) is 11.3 Å². The topological polar surface area (TPSA) is 72.5 Å². The molecule has 5 nitrogen and oxygen atoms in total. The maximum Gasteiger partial charge on any atom is 0.348 e. The molecule has 1 aromatic heterocycles. The molecule has 0 saturated heterocycles. The highest BCUT2D eigenvalue weighted by atomic mass is 32.1. The van der Waals surface area contributed by atoms with Gasteiger partial charge < -0.3 is 10.1 Å². The van der Waals surface area contributed by atoms with E-state index in [-0.39, 0.29) is 17.2 Å². The number of aryl methyl sites for hydroxylation is 2. The van der Waals surface area contributed by atoms with Crippen LogP contribution in [0.2, 0.25) is 0 Å². The van der Waals surface area contributed by atoms with Gasteiger partial charge in [-0.3, -0.25) is 9.59 Å². The second kappa shape index (κ2) is 9.41. The van der Waals surface area contributed by atoms with E-state index in [2.05, 4.69) is 12.2 Å². The maximum atomic E-state index is 14.1. The number of halogens is 1. The summed E-state index contributed by atoms with van der Waals surface area (Å²) in [4.78, 5) is 37.0. The molecular weight excluding hydrogens is 369 g/mol. The van der Waals surface area contributed by atoms with Crippen LogP contribution in [0.4, 0.5) is 10.1 Å². The predicted octanol–water partition coefficient (Wildman–Crippen LogP) is 4.40. The summed E-state index contributed by atoms with van der Waals surface area (Å²) in [6.07, 6.45) is 2.70. The molecule has 0 aliphatic carbocycles. The fourth-order valence-electron chi connectivity index (χ4n) is 2.61. The van der Waals surface area contributed by atoms with Crippen LogP contribution in [0.3, 0.4) is 0 Å². The zero-order valence-corrected chi connectivity index (χ0v) is 16.4. The van der Waals surface area contributed by atoms with Crippen molar-refractivity contribution in [3.8, 4) is 0 Å². The molecular formula is C20H22FNO4S. The van der Waals surface area contributed by atoms with E-state index in [0.29, 0.717) is 4.88 Å². The summed E-state index contributed by atoms with van der Waals surface area (Å²) in [5.74, 6) is -2.35. The van der Waals surface area contributed by atoms with Crippen molar-refractivity contribution in [3.05, 3.63) is 51.0 Å². The highest BCUT2D eigenvalue weighted by Gasteiger charge is 2.18. The molecule has 1 N–H and O–H groups in total. The summed E-state index contributed by atoms with van der Waals surface area (Å²) in [5.41, 5.74) is 1.17. The van der Waals surface area contributed by atoms with Gasteiger partial charge in [-0.05, 0) is 42.7 Å². The van der Waals surface area contributed by atoms with Gasteiger partial charge in [-0.2, -0.15) is 0 Å². The number of carbonyl (C=O) groups is 3. The molecule has 144 valence electrons. The highest BCUT2D eigenvalue weighted by Crippen LogP contribution is 2.25. The monoisotopic (exact) mass is 391 g/mol. The number of ketones is 1. The third-order valence-corrected chi connectivity index (χ3v) is 5.10. The third-order valence-electron chi connectivity index (χ3n) is 3.88. The quantitative estimate of drug-likeness (QED) is 0.535. The standard InChI is InChI=1S/C20H22FNO4S/c1-4-6-18-13(5-2)9-19(27-18)20(25)26-11-17(24)15-8-7-14(10-16(15)21)22-12(3)23/h7-10H,4-6,11H2,1-3H3,(H,22,23). The molecule has 1 aromatic carbocycles. The predicted molar refractivity (Wildman–Crippen MR) is 103 cm³/mol. The summed E-state index contributed by atoms with van der Waals surface area (Å²) in [6.45, 7) is 4.85. The van der Waals surface area contributed by atoms with E-state index in [1.807, 2.05) is 6.92 Å².